The molecule has 2 aliphatic rings. The molecule has 2 aliphatic carbocycles. The van der Waals surface area contributed by atoms with Crippen LogP contribution in [0.5, 0.6) is 0 Å². The van der Waals surface area contributed by atoms with Gasteiger partial charge in [-0.3, -0.25) is 0 Å². The standard InChI is InChI=1S/C11H17F3/c1-9(2,3)8-6-10(11(12,13)14)5-4-7(8)10/h7-8H,4-6H2,1-3H3. The van der Waals surface area contributed by atoms with E-state index in [0.29, 0.717) is 12.8 Å². The highest BCUT2D eigenvalue weighted by Crippen LogP contribution is 2.73. The van der Waals surface area contributed by atoms with Crippen molar-refractivity contribution in [2.45, 2.75) is 46.2 Å². The van der Waals surface area contributed by atoms with E-state index in [0.717, 1.165) is 6.42 Å². The van der Waals surface area contributed by atoms with E-state index in [1.165, 1.54) is 0 Å². The van der Waals surface area contributed by atoms with Gasteiger partial charge in [0.2, 0.25) is 0 Å². The summed E-state index contributed by atoms with van der Waals surface area (Å²) >= 11 is 0. The van der Waals surface area contributed by atoms with Gasteiger partial charge in [0.15, 0.2) is 0 Å². The van der Waals surface area contributed by atoms with Crippen molar-refractivity contribution in [3.05, 3.63) is 0 Å². The number of rotatable bonds is 0. The molecule has 0 N–H and O–H groups in total. The molecule has 0 bridgehead atoms. The average Bonchev–Trinajstić information content (AvgIpc) is 1.89. The second-order valence-corrected chi connectivity index (χ2v) is 5.98. The summed E-state index contributed by atoms with van der Waals surface area (Å²) in [6.45, 7) is 6.16. The van der Waals surface area contributed by atoms with E-state index in [-0.39, 0.29) is 17.3 Å². The number of hydrogen-bond acceptors (Lipinski definition) is 0. The molecule has 14 heavy (non-hydrogen) atoms. The summed E-state index contributed by atoms with van der Waals surface area (Å²) in [7, 11) is 0. The zero-order chi connectivity index (χ0) is 10.8. The molecule has 0 aliphatic heterocycles. The first-order valence-electron chi connectivity index (χ1n) is 5.25. The minimum atomic E-state index is -3.96. The van der Waals surface area contributed by atoms with Crippen molar-refractivity contribution in [3.8, 4) is 0 Å². The van der Waals surface area contributed by atoms with Gasteiger partial charge in [-0.2, -0.15) is 13.2 Å². The monoisotopic (exact) mass is 206 g/mol. The molecule has 3 heteroatoms. The summed E-state index contributed by atoms with van der Waals surface area (Å²) in [5, 5.41) is 0. The molecule has 0 spiro atoms. The van der Waals surface area contributed by atoms with Crippen LogP contribution in [0.2, 0.25) is 0 Å². The molecule has 2 rings (SSSR count). The molecule has 2 fully saturated rings. The van der Waals surface area contributed by atoms with E-state index in [4.69, 9.17) is 0 Å². The fourth-order valence-corrected chi connectivity index (χ4v) is 3.25. The van der Waals surface area contributed by atoms with E-state index in [1.54, 1.807) is 0 Å². The maximum absolute atomic E-state index is 12.7. The quantitative estimate of drug-likeness (QED) is 0.561. The Hall–Kier alpha value is -0.210. The molecular weight excluding hydrogens is 189 g/mol. The Balaban J connectivity index is 2.12. The number of hydrogen-bond donors (Lipinski definition) is 0. The Bertz CT molecular complexity index is 248. The lowest BCUT2D eigenvalue weighted by Gasteiger charge is -2.66. The zero-order valence-electron chi connectivity index (χ0n) is 8.91. The summed E-state index contributed by atoms with van der Waals surface area (Å²) in [6, 6.07) is 0. The van der Waals surface area contributed by atoms with Gasteiger partial charge in [-0.15, -0.1) is 0 Å². The molecule has 0 amide bonds. The third kappa shape index (κ3) is 1.07. The van der Waals surface area contributed by atoms with Gasteiger partial charge >= 0.3 is 6.18 Å². The smallest absolute Gasteiger partial charge is 0.170 e. The Morgan fingerprint density at radius 1 is 1.14 bits per heavy atom. The van der Waals surface area contributed by atoms with Crippen molar-refractivity contribution < 1.29 is 13.2 Å². The fraction of sp³-hybridized carbons (Fsp3) is 1.00. The van der Waals surface area contributed by atoms with Gasteiger partial charge in [0, 0.05) is 0 Å². The predicted molar refractivity (Wildman–Crippen MR) is 48.8 cm³/mol. The SMILES string of the molecule is CC(C)(C)C1CC2(C(F)(F)F)CCC12. The average molecular weight is 206 g/mol. The Morgan fingerprint density at radius 2 is 1.71 bits per heavy atom. The van der Waals surface area contributed by atoms with Crippen LogP contribution in [0.15, 0.2) is 0 Å². The first-order chi connectivity index (χ1) is 6.18. The lowest BCUT2D eigenvalue weighted by molar-refractivity contribution is -0.342. The van der Waals surface area contributed by atoms with Crippen LogP contribution in [0.4, 0.5) is 13.2 Å². The third-order valence-corrected chi connectivity index (χ3v) is 4.36. The van der Waals surface area contributed by atoms with Crippen molar-refractivity contribution in [1.29, 1.82) is 0 Å². The first kappa shape index (κ1) is 10.3. The van der Waals surface area contributed by atoms with Crippen molar-refractivity contribution >= 4 is 0 Å². The summed E-state index contributed by atoms with van der Waals surface area (Å²) in [6.07, 6.45) is -2.45. The summed E-state index contributed by atoms with van der Waals surface area (Å²) < 4.78 is 38.2. The molecule has 82 valence electrons. The maximum Gasteiger partial charge on any atom is 0.394 e. The molecule has 3 atom stereocenters. The highest BCUT2D eigenvalue weighted by Gasteiger charge is 2.73. The molecule has 0 aromatic carbocycles. The van der Waals surface area contributed by atoms with E-state index in [2.05, 4.69) is 20.8 Å². The molecule has 0 radical (unpaired) electrons. The number of alkyl halides is 3. The van der Waals surface area contributed by atoms with E-state index >= 15 is 0 Å². The zero-order valence-corrected chi connectivity index (χ0v) is 8.91. The highest BCUT2D eigenvalue weighted by atomic mass is 19.4. The van der Waals surface area contributed by atoms with Crippen LogP contribution in [0.25, 0.3) is 0 Å². The fourth-order valence-electron chi connectivity index (χ4n) is 3.25. The van der Waals surface area contributed by atoms with Crippen molar-refractivity contribution in [2.75, 3.05) is 0 Å². The van der Waals surface area contributed by atoms with Gasteiger partial charge in [-0.25, -0.2) is 0 Å². The number of halogens is 3. The van der Waals surface area contributed by atoms with Gasteiger partial charge in [0.05, 0.1) is 5.41 Å². The Morgan fingerprint density at radius 3 is 1.93 bits per heavy atom. The number of fused-ring (bicyclic) bond motifs is 1. The molecule has 3 unspecified atom stereocenters. The van der Waals surface area contributed by atoms with Crippen LogP contribution in [-0.4, -0.2) is 6.18 Å². The predicted octanol–water partition coefficient (Wildman–Crippen LogP) is 4.01. The molecule has 2 saturated carbocycles. The minimum Gasteiger partial charge on any atom is -0.170 e. The Labute approximate surface area is 82.9 Å². The van der Waals surface area contributed by atoms with Gasteiger partial charge < -0.3 is 0 Å². The highest BCUT2D eigenvalue weighted by molar-refractivity contribution is 5.14. The Kier molecular flexibility index (Phi) is 1.82. The molecule has 0 aromatic heterocycles. The second kappa shape index (κ2) is 2.48. The van der Waals surface area contributed by atoms with Gasteiger partial charge in [0.1, 0.15) is 0 Å². The lowest BCUT2D eigenvalue weighted by atomic mass is 9.38. The minimum absolute atomic E-state index is 0.0415. The normalized spacial score (nSPS) is 42.4. The largest absolute Gasteiger partial charge is 0.394 e. The van der Waals surface area contributed by atoms with Crippen molar-refractivity contribution in [1.82, 2.24) is 0 Å². The summed E-state index contributed by atoms with van der Waals surface area (Å²) in [5.74, 6) is 0.195. The van der Waals surface area contributed by atoms with E-state index in [1.807, 2.05) is 0 Å². The van der Waals surface area contributed by atoms with Crippen molar-refractivity contribution in [3.63, 3.8) is 0 Å². The van der Waals surface area contributed by atoms with Crippen LogP contribution in [0, 0.1) is 22.7 Å². The lowest BCUT2D eigenvalue weighted by Crippen LogP contribution is -2.65. The van der Waals surface area contributed by atoms with Crippen molar-refractivity contribution in [2.24, 2.45) is 22.7 Å². The third-order valence-electron chi connectivity index (χ3n) is 4.36. The van der Waals surface area contributed by atoms with Gasteiger partial charge in [-0.1, -0.05) is 20.8 Å². The molecule has 0 aromatic rings. The van der Waals surface area contributed by atoms with Crippen LogP contribution in [0.3, 0.4) is 0 Å². The maximum atomic E-state index is 12.7. The van der Waals surface area contributed by atoms with E-state index < -0.39 is 11.6 Å². The van der Waals surface area contributed by atoms with Gasteiger partial charge in [-0.05, 0) is 36.5 Å². The molecular formula is C11H17F3. The topological polar surface area (TPSA) is 0 Å². The summed E-state index contributed by atoms with van der Waals surface area (Å²) in [4.78, 5) is 0. The molecule has 0 nitrogen and oxygen atoms in total. The van der Waals surface area contributed by atoms with Crippen LogP contribution < -0.4 is 0 Å². The molecule has 0 saturated heterocycles. The van der Waals surface area contributed by atoms with Crippen LogP contribution >= 0.6 is 0 Å². The van der Waals surface area contributed by atoms with Crippen LogP contribution in [-0.2, 0) is 0 Å². The summed E-state index contributed by atoms with van der Waals surface area (Å²) in [5.41, 5.74) is -1.23. The van der Waals surface area contributed by atoms with Gasteiger partial charge in [0.25, 0.3) is 0 Å². The molecule has 0 heterocycles. The van der Waals surface area contributed by atoms with Crippen LogP contribution in [0.1, 0.15) is 40.0 Å². The first-order valence-corrected chi connectivity index (χ1v) is 5.25. The second-order valence-electron chi connectivity index (χ2n) is 5.98. The van der Waals surface area contributed by atoms with E-state index in [9.17, 15) is 13.2 Å².